The molecule has 0 aliphatic rings. The number of aliphatic hydroxyl groups is 1. The molecular weight excluding hydrogens is 753 g/mol. The van der Waals surface area contributed by atoms with Gasteiger partial charge < -0.3 is 5.11 Å². The molecule has 4 nitrogen and oxygen atoms in total. The van der Waals surface area contributed by atoms with Crippen LogP contribution in [0.15, 0.2) is 84.8 Å². The van der Waals surface area contributed by atoms with Gasteiger partial charge in [-0.2, -0.15) is 0 Å². The van der Waals surface area contributed by atoms with E-state index in [9.17, 15) is 9.90 Å². The van der Waals surface area contributed by atoms with Crippen LogP contribution in [0.25, 0.3) is 42.8 Å². The Kier molecular flexibility index (Phi) is 13.2. The van der Waals surface area contributed by atoms with Gasteiger partial charge in [-0.05, 0) is 49.3 Å². The molecule has 1 radical (unpaired) electrons. The molecule has 0 amide bonds. The summed E-state index contributed by atoms with van der Waals surface area (Å²) in [6, 6.07) is 26.7. The van der Waals surface area contributed by atoms with E-state index in [1.54, 1.807) is 11.3 Å². The fourth-order valence-electron chi connectivity index (χ4n) is 5.47. The average molecular weight is 798 g/mol. The van der Waals surface area contributed by atoms with Gasteiger partial charge in [0.1, 0.15) is 5.01 Å². The second kappa shape index (κ2) is 16.4. The minimum absolute atomic E-state index is 0. The topological polar surface area (TPSA) is 63.1 Å². The van der Waals surface area contributed by atoms with Gasteiger partial charge in [0.25, 0.3) is 0 Å². The summed E-state index contributed by atoms with van der Waals surface area (Å²) >= 11 is 1.72. The molecule has 0 aliphatic carbocycles. The number of aliphatic hydroxyl groups excluding tert-OH is 1. The molecule has 0 saturated carbocycles. The molecule has 0 unspecified atom stereocenters. The van der Waals surface area contributed by atoms with Crippen molar-refractivity contribution in [3.8, 4) is 21.8 Å². The Labute approximate surface area is 286 Å². The number of hydrogen-bond donors (Lipinski definition) is 1. The van der Waals surface area contributed by atoms with Crippen LogP contribution in [0.2, 0.25) is 0 Å². The van der Waals surface area contributed by atoms with E-state index in [2.05, 4.69) is 86.4 Å². The second-order valence-electron chi connectivity index (χ2n) is 12.3. The number of ketones is 1. The van der Waals surface area contributed by atoms with Crippen molar-refractivity contribution in [2.75, 3.05) is 0 Å². The number of hydrogen-bond acceptors (Lipinski definition) is 5. The first-order chi connectivity index (χ1) is 21.1. The minimum atomic E-state index is 0. The number of aromatic nitrogens is 2. The van der Waals surface area contributed by atoms with Crippen molar-refractivity contribution in [3.63, 3.8) is 0 Å². The summed E-state index contributed by atoms with van der Waals surface area (Å²) in [6.45, 7) is 14.8. The van der Waals surface area contributed by atoms with Crippen LogP contribution in [-0.4, -0.2) is 20.9 Å². The Balaban J connectivity index is 0.000000297. The Hall–Kier alpha value is -3.18. The van der Waals surface area contributed by atoms with E-state index < -0.39 is 0 Å². The van der Waals surface area contributed by atoms with Gasteiger partial charge in [0.2, 0.25) is 0 Å². The van der Waals surface area contributed by atoms with Gasteiger partial charge in [0.15, 0.2) is 5.78 Å². The summed E-state index contributed by atoms with van der Waals surface area (Å²) in [5, 5.41) is 13.2. The monoisotopic (exact) mass is 798 g/mol. The Morgan fingerprint density at radius 1 is 0.911 bits per heavy atom. The summed E-state index contributed by atoms with van der Waals surface area (Å²) in [4.78, 5) is 21.2. The van der Waals surface area contributed by atoms with Gasteiger partial charge in [-0.1, -0.05) is 95.8 Å². The van der Waals surface area contributed by atoms with Crippen LogP contribution >= 0.6 is 11.3 Å². The fraction of sp³-hybridized carbons (Fsp3) is 0.359. The zero-order valence-electron chi connectivity index (χ0n) is 27.5. The summed E-state index contributed by atoms with van der Waals surface area (Å²) in [6.07, 6.45) is 6.78. The Bertz CT molecular complexity index is 1710. The van der Waals surface area contributed by atoms with Crippen LogP contribution in [0.1, 0.15) is 79.7 Å². The van der Waals surface area contributed by atoms with Crippen LogP contribution in [0.5, 0.6) is 0 Å². The maximum Gasteiger partial charge on any atom is 0.162 e. The number of carbonyl (C=O) groups excluding carboxylic acids is 1. The van der Waals surface area contributed by atoms with Crippen molar-refractivity contribution in [2.24, 2.45) is 11.8 Å². The Morgan fingerprint density at radius 3 is 2.20 bits per heavy atom. The maximum absolute atomic E-state index is 11.7. The van der Waals surface area contributed by atoms with E-state index in [0.29, 0.717) is 0 Å². The molecule has 239 valence electrons. The number of benzene rings is 3. The van der Waals surface area contributed by atoms with E-state index in [1.165, 1.54) is 21.7 Å². The molecule has 0 saturated heterocycles. The number of para-hydroxylation sites is 1. The second-order valence-corrected chi connectivity index (χ2v) is 13.3. The molecule has 0 spiro atoms. The van der Waals surface area contributed by atoms with E-state index in [4.69, 9.17) is 4.98 Å². The number of nitrogens with zero attached hydrogens (tertiary/aromatic N) is 2. The molecule has 0 bridgehead atoms. The third kappa shape index (κ3) is 8.97. The largest absolute Gasteiger partial charge is 0.512 e. The molecule has 45 heavy (non-hydrogen) atoms. The van der Waals surface area contributed by atoms with Crippen molar-refractivity contribution < 1.29 is 30.0 Å². The summed E-state index contributed by atoms with van der Waals surface area (Å²) in [5.41, 5.74) is 5.44. The molecule has 0 fully saturated rings. The molecule has 6 heteroatoms. The van der Waals surface area contributed by atoms with Crippen molar-refractivity contribution in [1.82, 2.24) is 9.97 Å². The number of fused-ring (bicyclic) bond motifs is 2. The normalized spacial score (nSPS) is 11.9. The maximum atomic E-state index is 11.7. The third-order valence-corrected chi connectivity index (χ3v) is 9.33. The standard InChI is InChI=1S/C26H21N2S.C13H24O2.Ir/c1-26(2,3)21-15-19(14-17-8-4-5-9-20(17)21)23-16-18(12-13-27-23)25-28-22-10-6-7-11-24(22)29-25;1-5-10(6-2)12(14)9-13(15)11(7-3)8-4;/h4-13,15-16H,1-3H3;9-11,14H,5-8H2,1-4H3;/q-1;;/b;12-9-;. The van der Waals surface area contributed by atoms with Crippen LogP contribution in [0, 0.1) is 17.9 Å². The number of pyridine rings is 1. The van der Waals surface area contributed by atoms with Gasteiger partial charge in [0.05, 0.1) is 16.0 Å². The van der Waals surface area contributed by atoms with Gasteiger partial charge >= 0.3 is 0 Å². The van der Waals surface area contributed by atoms with Crippen LogP contribution in [0.4, 0.5) is 0 Å². The van der Waals surface area contributed by atoms with Crippen LogP contribution in [0.3, 0.4) is 0 Å². The molecule has 5 rings (SSSR count). The van der Waals surface area contributed by atoms with E-state index >= 15 is 0 Å². The smallest absolute Gasteiger partial charge is 0.162 e. The summed E-state index contributed by atoms with van der Waals surface area (Å²) in [7, 11) is 0. The molecule has 2 heterocycles. The van der Waals surface area contributed by atoms with E-state index in [-0.39, 0.29) is 48.9 Å². The molecule has 2 aromatic heterocycles. The molecule has 0 aliphatic heterocycles. The van der Waals surface area contributed by atoms with Crippen molar-refractivity contribution in [2.45, 2.75) is 79.6 Å². The van der Waals surface area contributed by atoms with Crippen LogP contribution in [-0.2, 0) is 30.3 Å². The molecular formula is C39H45IrN2O2S-. The van der Waals surface area contributed by atoms with Gasteiger partial charge in [-0.25, -0.2) is 4.98 Å². The summed E-state index contributed by atoms with van der Waals surface area (Å²) in [5.74, 6) is 0.547. The first-order valence-electron chi connectivity index (χ1n) is 15.8. The van der Waals surface area contributed by atoms with Gasteiger partial charge in [0, 0.05) is 55.5 Å². The predicted octanol–water partition coefficient (Wildman–Crippen LogP) is 11.1. The SMILES string of the molecule is CC(C)(C)c1cc(-c2cc(-c3nc4ccccc4s3)ccn2)[c-]c2ccccc12.CCC(CC)C(=O)/C=C(\O)C(CC)CC.[Ir]. The quantitative estimate of drug-likeness (QED) is 0.0917. The average Bonchev–Trinajstić information content (AvgIpc) is 3.46. The zero-order valence-corrected chi connectivity index (χ0v) is 30.7. The number of thiazole rings is 1. The number of carbonyl (C=O) groups is 1. The zero-order chi connectivity index (χ0) is 31.9. The van der Waals surface area contributed by atoms with Crippen LogP contribution < -0.4 is 0 Å². The molecule has 3 aromatic carbocycles. The number of rotatable bonds is 9. The van der Waals surface area contributed by atoms with Crippen molar-refractivity contribution in [3.05, 3.63) is 96.4 Å². The Morgan fingerprint density at radius 2 is 1.56 bits per heavy atom. The first kappa shape index (κ1) is 36.3. The molecule has 5 aromatic rings. The molecule has 0 atom stereocenters. The fourth-order valence-corrected chi connectivity index (χ4v) is 6.44. The van der Waals surface area contributed by atoms with E-state index in [0.717, 1.165) is 58.4 Å². The van der Waals surface area contributed by atoms with Crippen molar-refractivity contribution >= 4 is 38.1 Å². The van der Waals surface area contributed by atoms with Crippen molar-refractivity contribution in [1.29, 1.82) is 0 Å². The first-order valence-corrected chi connectivity index (χ1v) is 16.6. The van der Waals surface area contributed by atoms with Gasteiger partial charge in [-0.3, -0.25) is 9.78 Å². The summed E-state index contributed by atoms with van der Waals surface area (Å²) < 4.78 is 1.20. The minimum Gasteiger partial charge on any atom is -0.512 e. The molecule has 1 N–H and O–H groups in total. The van der Waals surface area contributed by atoms with Gasteiger partial charge in [-0.15, -0.1) is 40.5 Å². The third-order valence-electron chi connectivity index (χ3n) is 8.24. The van der Waals surface area contributed by atoms with E-state index in [1.807, 2.05) is 46.0 Å². The number of allylic oxidation sites excluding steroid dienone is 2. The predicted molar refractivity (Wildman–Crippen MR) is 187 cm³/mol.